The van der Waals surface area contributed by atoms with Crippen LogP contribution in [0.4, 0.5) is 11.4 Å². The Balaban J connectivity index is 0.00000497. The van der Waals surface area contributed by atoms with Crippen molar-refractivity contribution in [1.82, 2.24) is 9.55 Å². The molecule has 5 nitrogen and oxygen atoms in total. The Labute approximate surface area is 336 Å². The van der Waals surface area contributed by atoms with Crippen LogP contribution in [0.1, 0.15) is 101 Å². The van der Waals surface area contributed by atoms with E-state index in [9.17, 15) is 5.11 Å². The molecule has 0 saturated heterocycles. The van der Waals surface area contributed by atoms with Crippen molar-refractivity contribution < 1.29 is 26.2 Å². The molecule has 6 aromatic rings. The molecule has 0 fully saturated rings. The SMILES string of the molecule is CC(C)c1cccc(C(C)C)c1N1C=CN(c2[c-]c(-c3cn(-c4c(C(C)C)cc(-c5ccccc5)cc4C(C)C)c(-c4ccccc4O)n3)ccc2)[CH-]1.[Pt+2]. The van der Waals surface area contributed by atoms with Crippen LogP contribution in [-0.2, 0) is 21.1 Å². The predicted molar refractivity (Wildman–Crippen MR) is 222 cm³/mol. The van der Waals surface area contributed by atoms with Crippen LogP contribution in [0.2, 0.25) is 0 Å². The van der Waals surface area contributed by atoms with E-state index in [0.29, 0.717) is 23.2 Å². The van der Waals surface area contributed by atoms with Gasteiger partial charge in [0.2, 0.25) is 0 Å². The number of nitrogens with zero attached hydrogens (tertiary/aromatic N) is 4. The molecule has 0 saturated carbocycles. The number of aromatic hydroxyl groups is 1. The Hall–Kier alpha value is -4.86. The van der Waals surface area contributed by atoms with Crippen molar-refractivity contribution in [3.05, 3.63) is 157 Å². The fourth-order valence-electron chi connectivity index (χ4n) is 7.37. The van der Waals surface area contributed by atoms with E-state index in [0.717, 1.165) is 22.6 Å². The van der Waals surface area contributed by atoms with Crippen molar-refractivity contribution in [1.29, 1.82) is 0 Å². The number of para-hydroxylation sites is 2. The zero-order valence-corrected chi connectivity index (χ0v) is 34.8. The molecule has 1 aliphatic rings. The summed E-state index contributed by atoms with van der Waals surface area (Å²) in [7, 11) is 0. The van der Waals surface area contributed by atoms with Gasteiger partial charge in [-0.3, -0.25) is 4.98 Å². The number of hydrogen-bond acceptors (Lipinski definition) is 4. The number of aromatic nitrogens is 2. The van der Waals surface area contributed by atoms with Gasteiger partial charge in [0, 0.05) is 11.4 Å². The maximum atomic E-state index is 11.2. The van der Waals surface area contributed by atoms with Gasteiger partial charge in [0.15, 0.2) is 0 Å². The molecule has 0 atom stereocenters. The van der Waals surface area contributed by atoms with Gasteiger partial charge < -0.3 is 19.5 Å². The van der Waals surface area contributed by atoms with Gasteiger partial charge in [0.25, 0.3) is 0 Å². The van der Waals surface area contributed by atoms with E-state index in [-0.39, 0.29) is 38.7 Å². The second kappa shape index (κ2) is 16.2. The maximum absolute atomic E-state index is 11.2. The van der Waals surface area contributed by atoms with Crippen LogP contribution in [-0.4, -0.2) is 14.7 Å². The van der Waals surface area contributed by atoms with Gasteiger partial charge in [0.1, 0.15) is 11.6 Å². The minimum Gasteiger partial charge on any atom is -0.507 e. The standard InChI is InChI=1S/C48H50N4O.Pt/c1-31(2)39-21-15-22-40(32(3)4)46(39)51-25-24-50(30-51)38-19-14-18-36(26-38)44-29-52(48(49-44)41-20-12-13-23-45(41)53)47-42(33(5)6)27-37(28-43(47)34(7)8)35-16-10-9-11-17-35;/h9-25,27-34,53H,1-8H3;/q-2;+2. The molecule has 0 radical (unpaired) electrons. The van der Waals surface area contributed by atoms with Crippen LogP contribution >= 0.6 is 0 Å². The number of phenolic OH excluding ortho intramolecular Hbond substituents is 1. The summed E-state index contributed by atoms with van der Waals surface area (Å²) in [6.45, 7) is 20.2. The van der Waals surface area contributed by atoms with E-state index in [2.05, 4.69) is 180 Å². The van der Waals surface area contributed by atoms with Crippen molar-refractivity contribution in [3.8, 4) is 45.2 Å². The summed E-state index contributed by atoms with van der Waals surface area (Å²) in [5.41, 5.74) is 13.1. The molecule has 1 N–H and O–H groups in total. The normalized spacial score (nSPS) is 12.8. The second-order valence-electron chi connectivity index (χ2n) is 15.3. The van der Waals surface area contributed by atoms with Gasteiger partial charge >= 0.3 is 21.1 Å². The monoisotopic (exact) mass is 893 g/mol. The van der Waals surface area contributed by atoms with Crippen molar-refractivity contribution >= 4 is 11.4 Å². The minimum absolute atomic E-state index is 0. The molecule has 0 unspecified atom stereocenters. The number of hydrogen-bond donors (Lipinski definition) is 1. The summed E-state index contributed by atoms with van der Waals surface area (Å²) in [5.74, 6) is 2.15. The fourth-order valence-corrected chi connectivity index (χ4v) is 7.37. The van der Waals surface area contributed by atoms with Crippen LogP contribution in [0.3, 0.4) is 0 Å². The van der Waals surface area contributed by atoms with Crippen molar-refractivity contribution in [2.24, 2.45) is 0 Å². The third-order valence-electron chi connectivity index (χ3n) is 10.2. The van der Waals surface area contributed by atoms with E-state index in [1.807, 2.05) is 18.2 Å². The van der Waals surface area contributed by atoms with Crippen LogP contribution in [0.15, 0.2) is 122 Å². The van der Waals surface area contributed by atoms with E-state index in [1.54, 1.807) is 6.07 Å². The third-order valence-corrected chi connectivity index (χ3v) is 10.2. The van der Waals surface area contributed by atoms with Gasteiger partial charge in [-0.2, -0.15) is 0 Å². The Morgan fingerprint density at radius 2 is 1.17 bits per heavy atom. The Morgan fingerprint density at radius 3 is 1.78 bits per heavy atom. The number of imidazole rings is 1. The topological polar surface area (TPSA) is 44.5 Å². The molecule has 0 amide bonds. The van der Waals surface area contributed by atoms with Crippen molar-refractivity contribution in [2.45, 2.75) is 79.1 Å². The molecule has 278 valence electrons. The van der Waals surface area contributed by atoms with E-state index < -0.39 is 0 Å². The Bertz CT molecular complexity index is 2210. The van der Waals surface area contributed by atoms with Gasteiger partial charge in [0.05, 0.1) is 11.3 Å². The summed E-state index contributed by atoms with van der Waals surface area (Å²) in [4.78, 5) is 9.65. The third kappa shape index (κ3) is 7.57. The molecule has 0 spiro atoms. The molecule has 0 bridgehead atoms. The number of phenols is 1. The van der Waals surface area contributed by atoms with Crippen molar-refractivity contribution in [2.75, 3.05) is 9.80 Å². The molecule has 6 heteroatoms. The summed E-state index contributed by atoms with van der Waals surface area (Å²) in [6.07, 6.45) is 6.36. The van der Waals surface area contributed by atoms with Crippen LogP contribution in [0, 0.1) is 12.7 Å². The summed E-state index contributed by atoms with van der Waals surface area (Å²) in [5, 5.41) is 11.2. The molecule has 2 heterocycles. The fraction of sp³-hybridized carbons (Fsp3) is 0.250. The van der Waals surface area contributed by atoms with Gasteiger partial charge in [-0.25, -0.2) is 0 Å². The van der Waals surface area contributed by atoms with E-state index >= 15 is 0 Å². The molecule has 5 aromatic carbocycles. The largest absolute Gasteiger partial charge is 2.00 e. The average molecular weight is 894 g/mol. The van der Waals surface area contributed by atoms with E-state index in [4.69, 9.17) is 4.98 Å². The van der Waals surface area contributed by atoms with Gasteiger partial charge in [-0.15, -0.1) is 36.5 Å². The first kappa shape index (κ1) is 38.9. The van der Waals surface area contributed by atoms with E-state index in [1.165, 1.54) is 39.1 Å². The number of anilines is 2. The minimum atomic E-state index is 0. The van der Waals surface area contributed by atoms with Crippen LogP contribution in [0.25, 0.3) is 39.5 Å². The molecule has 1 aromatic heterocycles. The van der Waals surface area contributed by atoms with Crippen LogP contribution in [0.5, 0.6) is 5.75 Å². The Morgan fingerprint density at radius 1 is 0.593 bits per heavy atom. The first-order valence-electron chi connectivity index (χ1n) is 18.9. The maximum Gasteiger partial charge on any atom is 2.00 e. The van der Waals surface area contributed by atoms with Gasteiger partial charge in [-0.05, 0) is 99.9 Å². The Kier molecular flexibility index (Phi) is 11.7. The predicted octanol–water partition coefficient (Wildman–Crippen LogP) is 12.8. The molecular weight excluding hydrogens is 844 g/mol. The second-order valence-corrected chi connectivity index (χ2v) is 15.3. The molecule has 54 heavy (non-hydrogen) atoms. The first-order chi connectivity index (χ1) is 25.5. The van der Waals surface area contributed by atoms with Crippen LogP contribution < -0.4 is 9.80 Å². The summed E-state index contributed by atoms with van der Waals surface area (Å²) in [6, 6.07) is 39.3. The van der Waals surface area contributed by atoms with Crippen molar-refractivity contribution in [3.63, 3.8) is 0 Å². The smallest absolute Gasteiger partial charge is 0.507 e. The quantitative estimate of drug-likeness (QED) is 0.139. The molecule has 1 aliphatic heterocycles. The number of rotatable bonds is 10. The zero-order valence-electron chi connectivity index (χ0n) is 32.5. The molecule has 0 aliphatic carbocycles. The number of benzene rings is 5. The average Bonchev–Trinajstić information content (AvgIpc) is 3.83. The molecular formula is C48H50N4OPt. The summed E-state index contributed by atoms with van der Waals surface area (Å²) >= 11 is 0. The zero-order chi connectivity index (χ0) is 37.4. The van der Waals surface area contributed by atoms with Gasteiger partial charge in [-0.1, -0.05) is 122 Å². The molecule has 7 rings (SSSR count). The summed E-state index contributed by atoms with van der Waals surface area (Å²) < 4.78 is 2.20. The first-order valence-corrected chi connectivity index (χ1v) is 18.9.